The zero-order valence-corrected chi connectivity index (χ0v) is 11.3. The van der Waals surface area contributed by atoms with Crippen molar-refractivity contribution >= 4 is 0 Å². The highest BCUT2D eigenvalue weighted by molar-refractivity contribution is 5.36. The maximum atomic E-state index is 9.61. The Bertz CT molecular complexity index is 392. The van der Waals surface area contributed by atoms with Crippen molar-refractivity contribution in [1.29, 1.82) is 0 Å². The van der Waals surface area contributed by atoms with Crippen LogP contribution in [0.3, 0.4) is 0 Å². The van der Waals surface area contributed by atoms with Crippen LogP contribution in [-0.4, -0.2) is 31.5 Å². The highest BCUT2D eigenvalue weighted by atomic mass is 16.5. The molecule has 18 heavy (non-hydrogen) atoms. The van der Waals surface area contributed by atoms with Crippen molar-refractivity contribution in [3.8, 4) is 0 Å². The molecule has 100 valence electrons. The summed E-state index contributed by atoms with van der Waals surface area (Å²) in [5.41, 5.74) is 4.31. The van der Waals surface area contributed by atoms with Gasteiger partial charge in [-0.1, -0.05) is 18.2 Å². The first kappa shape index (κ1) is 13.5. The number of aliphatic hydroxyl groups excluding tert-OH is 1. The van der Waals surface area contributed by atoms with Gasteiger partial charge in [0, 0.05) is 19.7 Å². The SMILES string of the molecule is COCC(O)CNC(C)c1ccc2c(c1)CCC2. The predicted octanol–water partition coefficient (Wildman–Crippen LogP) is 1.83. The van der Waals surface area contributed by atoms with E-state index in [9.17, 15) is 5.11 Å². The van der Waals surface area contributed by atoms with Gasteiger partial charge in [-0.3, -0.25) is 0 Å². The lowest BCUT2D eigenvalue weighted by Gasteiger charge is -2.18. The average Bonchev–Trinajstić information content (AvgIpc) is 2.83. The summed E-state index contributed by atoms with van der Waals surface area (Å²) in [6.45, 7) is 3.08. The number of hydrogen-bond donors (Lipinski definition) is 2. The molecule has 0 bridgehead atoms. The van der Waals surface area contributed by atoms with E-state index in [1.54, 1.807) is 7.11 Å². The number of ether oxygens (including phenoxy) is 1. The van der Waals surface area contributed by atoms with Gasteiger partial charge in [-0.15, -0.1) is 0 Å². The summed E-state index contributed by atoms with van der Waals surface area (Å²) in [7, 11) is 1.60. The van der Waals surface area contributed by atoms with Crippen LogP contribution in [0.2, 0.25) is 0 Å². The molecular formula is C15H23NO2. The molecule has 1 aliphatic carbocycles. The van der Waals surface area contributed by atoms with Crippen LogP contribution < -0.4 is 5.32 Å². The summed E-state index contributed by atoms with van der Waals surface area (Å²) in [5.74, 6) is 0. The minimum Gasteiger partial charge on any atom is -0.389 e. The van der Waals surface area contributed by atoms with Crippen LogP contribution in [0.4, 0.5) is 0 Å². The fourth-order valence-electron chi connectivity index (χ4n) is 2.54. The molecule has 0 aliphatic heterocycles. The monoisotopic (exact) mass is 249 g/mol. The van der Waals surface area contributed by atoms with E-state index in [2.05, 4.69) is 30.4 Å². The molecule has 0 radical (unpaired) electrons. The Morgan fingerprint density at radius 2 is 2.11 bits per heavy atom. The standard InChI is InChI=1S/C15H23NO2/c1-11(16-9-15(17)10-18-2)13-7-6-12-4-3-5-14(12)8-13/h6-8,11,15-17H,3-5,9-10H2,1-2H3. The van der Waals surface area contributed by atoms with Crippen LogP contribution in [0.1, 0.15) is 36.1 Å². The second-order valence-corrected chi connectivity index (χ2v) is 5.12. The minimum atomic E-state index is -0.438. The number of aryl methyl sites for hydroxylation is 2. The number of hydrogen-bond acceptors (Lipinski definition) is 3. The van der Waals surface area contributed by atoms with E-state index < -0.39 is 6.10 Å². The maximum Gasteiger partial charge on any atom is 0.0897 e. The number of fused-ring (bicyclic) bond motifs is 1. The third-order valence-electron chi connectivity index (χ3n) is 3.64. The average molecular weight is 249 g/mol. The van der Waals surface area contributed by atoms with Crippen LogP contribution in [0.25, 0.3) is 0 Å². The molecule has 0 amide bonds. The van der Waals surface area contributed by atoms with E-state index in [1.165, 1.54) is 36.0 Å². The van der Waals surface area contributed by atoms with Crippen molar-refractivity contribution in [3.05, 3.63) is 34.9 Å². The fourth-order valence-corrected chi connectivity index (χ4v) is 2.54. The Morgan fingerprint density at radius 1 is 1.33 bits per heavy atom. The molecule has 0 fully saturated rings. The number of methoxy groups -OCH3 is 1. The zero-order chi connectivity index (χ0) is 13.0. The van der Waals surface area contributed by atoms with Gasteiger partial charge in [0.05, 0.1) is 12.7 Å². The van der Waals surface area contributed by atoms with Crippen molar-refractivity contribution < 1.29 is 9.84 Å². The largest absolute Gasteiger partial charge is 0.389 e. The van der Waals surface area contributed by atoms with Gasteiger partial charge >= 0.3 is 0 Å². The predicted molar refractivity (Wildman–Crippen MR) is 72.8 cm³/mol. The molecule has 0 saturated heterocycles. The summed E-state index contributed by atoms with van der Waals surface area (Å²) >= 11 is 0. The first-order valence-corrected chi connectivity index (χ1v) is 6.73. The van der Waals surface area contributed by atoms with Gasteiger partial charge in [-0.25, -0.2) is 0 Å². The molecule has 2 N–H and O–H groups in total. The van der Waals surface area contributed by atoms with Crippen molar-refractivity contribution in [2.45, 2.75) is 38.3 Å². The molecule has 2 rings (SSSR count). The molecule has 1 aromatic carbocycles. The van der Waals surface area contributed by atoms with Gasteiger partial charge in [0.15, 0.2) is 0 Å². The summed E-state index contributed by atoms with van der Waals surface area (Å²) < 4.78 is 4.91. The van der Waals surface area contributed by atoms with Crippen LogP contribution >= 0.6 is 0 Å². The van der Waals surface area contributed by atoms with Crippen LogP contribution in [0.15, 0.2) is 18.2 Å². The Balaban J connectivity index is 1.90. The molecule has 3 heteroatoms. The second kappa shape index (κ2) is 6.32. The summed E-state index contributed by atoms with van der Waals surface area (Å²) in [5, 5.41) is 13.0. The van der Waals surface area contributed by atoms with Gasteiger partial charge in [0.25, 0.3) is 0 Å². The second-order valence-electron chi connectivity index (χ2n) is 5.12. The Hall–Kier alpha value is -0.900. The van der Waals surface area contributed by atoms with Crippen LogP contribution in [0, 0.1) is 0 Å². The Morgan fingerprint density at radius 3 is 2.89 bits per heavy atom. The molecule has 1 aliphatic rings. The van der Waals surface area contributed by atoms with Gasteiger partial charge in [-0.05, 0) is 42.9 Å². The molecule has 2 unspecified atom stereocenters. The number of nitrogens with one attached hydrogen (secondary N) is 1. The van der Waals surface area contributed by atoms with Crippen LogP contribution in [0.5, 0.6) is 0 Å². The molecule has 1 aromatic rings. The van der Waals surface area contributed by atoms with E-state index in [1.807, 2.05) is 0 Å². The minimum absolute atomic E-state index is 0.266. The van der Waals surface area contributed by atoms with E-state index >= 15 is 0 Å². The van der Waals surface area contributed by atoms with Crippen molar-refractivity contribution in [1.82, 2.24) is 5.32 Å². The van der Waals surface area contributed by atoms with E-state index in [4.69, 9.17) is 4.74 Å². The summed E-state index contributed by atoms with van der Waals surface area (Å²) in [6, 6.07) is 7.02. The van der Waals surface area contributed by atoms with E-state index in [-0.39, 0.29) is 6.04 Å². The van der Waals surface area contributed by atoms with Crippen molar-refractivity contribution in [2.24, 2.45) is 0 Å². The highest BCUT2D eigenvalue weighted by Gasteiger charge is 2.14. The Labute approximate surface area is 109 Å². The molecule has 0 saturated carbocycles. The Kier molecular flexibility index (Phi) is 4.75. The number of benzene rings is 1. The summed E-state index contributed by atoms with van der Waals surface area (Å²) in [6.07, 6.45) is 3.28. The maximum absolute atomic E-state index is 9.61. The van der Waals surface area contributed by atoms with E-state index in [0.717, 1.165) is 0 Å². The third-order valence-corrected chi connectivity index (χ3v) is 3.64. The lowest BCUT2D eigenvalue weighted by Crippen LogP contribution is -2.31. The molecule has 3 nitrogen and oxygen atoms in total. The van der Waals surface area contributed by atoms with Crippen molar-refractivity contribution in [2.75, 3.05) is 20.3 Å². The first-order chi connectivity index (χ1) is 8.70. The molecule has 0 spiro atoms. The van der Waals surface area contributed by atoms with Gasteiger partial charge in [-0.2, -0.15) is 0 Å². The van der Waals surface area contributed by atoms with Crippen molar-refractivity contribution in [3.63, 3.8) is 0 Å². The van der Waals surface area contributed by atoms with Gasteiger partial charge in [0.1, 0.15) is 0 Å². The molecule has 2 atom stereocenters. The smallest absolute Gasteiger partial charge is 0.0897 e. The van der Waals surface area contributed by atoms with Gasteiger partial charge in [0.2, 0.25) is 0 Å². The normalized spacial score (nSPS) is 17.5. The van der Waals surface area contributed by atoms with Crippen LogP contribution in [-0.2, 0) is 17.6 Å². The number of rotatable bonds is 6. The lowest BCUT2D eigenvalue weighted by atomic mass is 10.0. The fraction of sp³-hybridized carbons (Fsp3) is 0.600. The molecule has 0 heterocycles. The van der Waals surface area contributed by atoms with E-state index in [0.29, 0.717) is 13.2 Å². The number of aliphatic hydroxyl groups is 1. The molecular weight excluding hydrogens is 226 g/mol. The highest BCUT2D eigenvalue weighted by Crippen LogP contribution is 2.25. The zero-order valence-electron chi connectivity index (χ0n) is 11.3. The lowest BCUT2D eigenvalue weighted by molar-refractivity contribution is 0.0630. The topological polar surface area (TPSA) is 41.5 Å². The summed E-state index contributed by atoms with van der Waals surface area (Å²) in [4.78, 5) is 0. The quantitative estimate of drug-likeness (QED) is 0.808. The van der Waals surface area contributed by atoms with Gasteiger partial charge < -0.3 is 15.2 Å². The first-order valence-electron chi connectivity index (χ1n) is 6.73. The third kappa shape index (κ3) is 3.31. The molecule has 0 aromatic heterocycles.